The maximum Gasteiger partial charge on any atom is 0.180 e. The van der Waals surface area contributed by atoms with E-state index in [2.05, 4.69) is 18.9 Å². The number of rotatable bonds is 4. The molecule has 0 saturated heterocycles. The summed E-state index contributed by atoms with van der Waals surface area (Å²) in [6.07, 6.45) is 3.37. The molecule has 0 unspecified atom stereocenters. The molecule has 0 aliphatic carbocycles. The fourth-order valence-corrected chi connectivity index (χ4v) is 1.95. The van der Waals surface area contributed by atoms with Crippen LogP contribution in [-0.2, 0) is 16.4 Å². The summed E-state index contributed by atoms with van der Waals surface area (Å²) in [4.78, 5) is 0.117. The maximum atomic E-state index is 11.3. The third-order valence-corrected chi connectivity index (χ3v) is 3.28. The normalized spacial score (nSPS) is 12.3. The lowest BCUT2D eigenvalue weighted by atomic mass is 10.1. The number of hydrogen-bond acceptors (Lipinski definition) is 4. The highest BCUT2D eigenvalue weighted by Gasteiger charge is 2.16. The lowest BCUT2D eigenvalue weighted by Crippen LogP contribution is -2.08. The Morgan fingerprint density at radius 3 is 2.53 bits per heavy atom. The predicted octanol–water partition coefficient (Wildman–Crippen LogP) is 0.915. The van der Waals surface area contributed by atoms with Crippen molar-refractivity contribution >= 4 is 15.7 Å². The summed E-state index contributed by atoms with van der Waals surface area (Å²) in [5.41, 5.74) is 5.70. The van der Waals surface area contributed by atoms with Gasteiger partial charge in [0.25, 0.3) is 0 Å². The zero-order valence-electron chi connectivity index (χ0n) is 9.27. The third-order valence-electron chi connectivity index (χ3n) is 2.16. The molecule has 5 nitrogen and oxygen atoms in total. The average Bonchev–Trinajstić information content (AvgIpc) is 2.42. The third kappa shape index (κ3) is 2.95. The van der Waals surface area contributed by atoms with Gasteiger partial charge in [0, 0.05) is 12.8 Å². The number of sulfone groups is 1. The van der Waals surface area contributed by atoms with Gasteiger partial charge < -0.3 is 5.73 Å². The molecule has 0 spiro atoms. The minimum absolute atomic E-state index is 0.117. The topological polar surface area (TPSA) is 78.0 Å². The molecule has 6 heteroatoms. The van der Waals surface area contributed by atoms with Crippen LogP contribution in [0, 0.1) is 5.92 Å². The minimum atomic E-state index is -3.26. The largest absolute Gasteiger partial charge is 0.383 e. The molecule has 1 aromatic heterocycles. The first kappa shape index (κ1) is 12.0. The van der Waals surface area contributed by atoms with Crippen molar-refractivity contribution in [3.8, 4) is 0 Å². The summed E-state index contributed by atoms with van der Waals surface area (Å²) in [6, 6.07) is 0. The Labute approximate surface area is 90.2 Å². The van der Waals surface area contributed by atoms with Gasteiger partial charge >= 0.3 is 0 Å². The van der Waals surface area contributed by atoms with Gasteiger partial charge in [-0.05, 0) is 12.3 Å². The van der Waals surface area contributed by atoms with Gasteiger partial charge in [-0.1, -0.05) is 13.8 Å². The Bertz CT molecular complexity index is 434. The van der Waals surface area contributed by atoms with Crippen LogP contribution in [0.5, 0.6) is 0 Å². The summed E-state index contributed by atoms with van der Waals surface area (Å²) in [7, 11) is -3.26. The Kier molecular flexibility index (Phi) is 3.38. The Balaban J connectivity index is 2.90. The van der Waals surface area contributed by atoms with Crippen molar-refractivity contribution in [2.24, 2.45) is 5.92 Å². The van der Waals surface area contributed by atoms with Gasteiger partial charge in [0.05, 0.1) is 6.20 Å². The quantitative estimate of drug-likeness (QED) is 0.835. The van der Waals surface area contributed by atoms with Crippen molar-refractivity contribution in [2.45, 2.75) is 31.7 Å². The molecule has 0 fully saturated rings. The van der Waals surface area contributed by atoms with Gasteiger partial charge in [-0.25, -0.2) is 13.1 Å². The van der Waals surface area contributed by atoms with E-state index in [4.69, 9.17) is 5.73 Å². The van der Waals surface area contributed by atoms with Gasteiger partial charge in [-0.2, -0.15) is 5.10 Å². The van der Waals surface area contributed by atoms with E-state index in [0.29, 0.717) is 12.5 Å². The van der Waals surface area contributed by atoms with Gasteiger partial charge in [0.2, 0.25) is 0 Å². The smallest absolute Gasteiger partial charge is 0.180 e. The summed E-state index contributed by atoms with van der Waals surface area (Å²) >= 11 is 0. The number of hydrogen-bond donors (Lipinski definition) is 1. The number of anilines is 1. The van der Waals surface area contributed by atoms with E-state index in [0.717, 1.165) is 12.7 Å². The lowest BCUT2D eigenvalue weighted by Gasteiger charge is -2.06. The number of aryl methyl sites for hydroxylation is 1. The van der Waals surface area contributed by atoms with Gasteiger partial charge in [0.1, 0.15) is 10.7 Å². The van der Waals surface area contributed by atoms with E-state index in [9.17, 15) is 8.42 Å². The molecule has 0 atom stereocenters. The molecule has 1 aromatic rings. The van der Waals surface area contributed by atoms with Crippen molar-refractivity contribution in [1.82, 2.24) is 9.78 Å². The van der Waals surface area contributed by atoms with Crippen LogP contribution in [0.25, 0.3) is 0 Å². The zero-order chi connectivity index (χ0) is 11.6. The number of nitrogens with two attached hydrogens (primary N) is 1. The maximum absolute atomic E-state index is 11.3. The average molecular weight is 231 g/mol. The van der Waals surface area contributed by atoms with Gasteiger partial charge in [0.15, 0.2) is 9.84 Å². The zero-order valence-corrected chi connectivity index (χ0v) is 10.1. The number of nitrogen functional groups attached to an aromatic ring is 1. The second-order valence-corrected chi connectivity index (χ2v) is 6.06. The molecule has 0 aromatic carbocycles. The van der Waals surface area contributed by atoms with E-state index >= 15 is 0 Å². The second kappa shape index (κ2) is 4.22. The van der Waals surface area contributed by atoms with E-state index in [1.54, 1.807) is 0 Å². The molecule has 2 N–H and O–H groups in total. The first-order valence-corrected chi connectivity index (χ1v) is 6.73. The highest BCUT2D eigenvalue weighted by molar-refractivity contribution is 7.90. The molecule has 0 bridgehead atoms. The van der Waals surface area contributed by atoms with Crippen LogP contribution in [0.15, 0.2) is 11.1 Å². The fraction of sp³-hybridized carbons (Fsp3) is 0.667. The van der Waals surface area contributed by atoms with Crippen LogP contribution in [0.1, 0.15) is 20.3 Å². The summed E-state index contributed by atoms with van der Waals surface area (Å²) in [5.74, 6) is 0.772. The standard InChI is InChI=1S/C9H17N3O2S/c1-7(2)4-5-12-9(10)8(6-11-12)15(3,13)14/h6-7H,4-5,10H2,1-3H3. The van der Waals surface area contributed by atoms with Crippen LogP contribution in [0.4, 0.5) is 5.82 Å². The van der Waals surface area contributed by atoms with E-state index in [-0.39, 0.29) is 10.7 Å². The molecule has 0 radical (unpaired) electrons. The molecule has 15 heavy (non-hydrogen) atoms. The molecule has 1 rings (SSSR count). The Morgan fingerprint density at radius 2 is 2.13 bits per heavy atom. The van der Waals surface area contributed by atoms with Crippen molar-refractivity contribution < 1.29 is 8.42 Å². The monoisotopic (exact) mass is 231 g/mol. The first-order chi connectivity index (χ1) is 6.82. The van der Waals surface area contributed by atoms with Gasteiger partial charge in [-0.3, -0.25) is 0 Å². The van der Waals surface area contributed by atoms with Crippen LogP contribution in [0.2, 0.25) is 0 Å². The predicted molar refractivity (Wildman–Crippen MR) is 59.2 cm³/mol. The fourth-order valence-electron chi connectivity index (χ4n) is 1.22. The molecule has 0 amide bonds. The van der Waals surface area contributed by atoms with E-state index < -0.39 is 9.84 Å². The van der Waals surface area contributed by atoms with Crippen molar-refractivity contribution in [3.63, 3.8) is 0 Å². The molecule has 0 aliphatic heterocycles. The number of aromatic nitrogens is 2. The SMILES string of the molecule is CC(C)CCn1ncc(S(C)(=O)=O)c1N. The molecule has 0 aliphatic rings. The molecule has 86 valence electrons. The van der Waals surface area contributed by atoms with Crippen LogP contribution in [0.3, 0.4) is 0 Å². The molecule has 1 heterocycles. The van der Waals surface area contributed by atoms with Crippen LogP contribution in [-0.4, -0.2) is 24.5 Å². The van der Waals surface area contributed by atoms with Crippen molar-refractivity contribution in [3.05, 3.63) is 6.20 Å². The molecule has 0 saturated carbocycles. The Morgan fingerprint density at radius 1 is 1.53 bits per heavy atom. The van der Waals surface area contributed by atoms with E-state index in [1.807, 2.05) is 0 Å². The second-order valence-electron chi connectivity index (χ2n) is 4.07. The number of nitrogens with zero attached hydrogens (tertiary/aromatic N) is 2. The first-order valence-electron chi connectivity index (χ1n) is 4.83. The van der Waals surface area contributed by atoms with Crippen molar-refractivity contribution in [1.29, 1.82) is 0 Å². The Hall–Kier alpha value is -1.04. The highest BCUT2D eigenvalue weighted by atomic mass is 32.2. The van der Waals surface area contributed by atoms with Gasteiger partial charge in [-0.15, -0.1) is 0 Å². The van der Waals surface area contributed by atoms with Crippen molar-refractivity contribution in [2.75, 3.05) is 12.0 Å². The summed E-state index contributed by atoms with van der Waals surface area (Å²) in [6.45, 7) is 4.84. The molecular formula is C9H17N3O2S. The molecular weight excluding hydrogens is 214 g/mol. The summed E-state index contributed by atoms with van der Waals surface area (Å²) < 4.78 is 24.1. The summed E-state index contributed by atoms with van der Waals surface area (Å²) in [5, 5.41) is 3.97. The lowest BCUT2D eigenvalue weighted by molar-refractivity contribution is 0.491. The van der Waals surface area contributed by atoms with Crippen LogP contribution < -0.4 is 5.73 Å². The minimum Gasteiger partial charge on any atom is -0.383 e. The van der Waals surface area contributed by atoms with Crippen LogP contribution >= 0.6 is 0 Å². The highest BCUT2D eigenvalue weighted by Crippen LogP contribution is 2.18. The van der Waals surface area contributed by atoms with E-state index in [1.165, 1.54) is 10.9 Å².